The topological polar surface area (TPSA) is 54.4 Å². The zero-order valence-corrected chi connectivity index (χ0v) is 6.75. The van der Waals surface area contributed by atoms with E-state index >= 15 is 0 Å². The fraction of sp³-hybridized carbons (Fsp3) is 0.400. The van der Waals surface area contributed by atoms with Crippen molar-refractivity contribution in [3.8, 4) is 0 Å². The van der Waals surface area contributed by atoms with Gasteiger partial charge in [0.1, 0.15) is 12.2 Å². The summed E-state index contributed by atoms with van der Waals surface area (Å²) in [5.41, 5.74) is 0. The van der Waals surface area contributed by atoms with Crippen LogP contribution in [0.15, 0.2) is 0 Å². The molecule has 0 aromatic carbocycles. The maximum Gasteiger partial charge on any atom is 1.00 e. The molecule has 0 rings (SSSR count). The number of ketones is 1. The van der Waals surface area contributed by atoms with E-state index in [2.05, 4.69) is 0 Å². The molecule has 58 valence electrons. The summed E-state index contributed by atoms with van der Waals surface area (Å²) >= 11 is 0. The van der Waals surface area contributed by atoms with Gasteiger partial charge in [-0.05, 0) is 6.92 Å². The van der Waals surface area contributed by atoms with E-state index in [1.807, 2.05) is 0 Å². The molecule has 0 fully saturated rings. The second-order valence-corrected chi connectivity index (χ2v) is 1.27. The van der Waals surface area contributed by atoms with Gasteiger partial charge in [0.15, 0.2) is 0 Å². The third-order valence-corrected chi connectivity index (χ3v) is 0.400. The van der Waals surface area contributed by atoms with Gasteiger partial charge in [0.25, 0.3) is 0 Å². The summed E-state index contributed by atoms with van der Waals surface area (Å²) in [4.78, 5) is 19.5. The molecule has 0 aliphatic rings. The van der Waals surface area contributed by atoms with Crippen molar-refractivity contribution in [3.63, 3.8) is 0 Å². The molecule has 0 heterocycles. The first-order valence-corrected chi connectivity index (χ1v) is 1.84. The standard InChI is InChI=1S/C4H6O3.CH3.Ag/c1-3(5)2-4(6)7;;/h2H2,1H3,(H,6,7);1H3;/q;-1;+1. The number of hydrogen-bond donors (Lipinski definition) is 1. The molecule has 0 saturated carbocycles. The van der Waals surface area contributed by atoms with Crippen LogP contribution >= 0.6 is 0 Å². The van der Waals surface area contributed by atoms with Crippen molar-refractivity contribution in [3.05, 3.63) is 7.43 Å². The molecule has 0 saturated heterocycles. The van der Waals surface area contributed by atoms with E-state index < -0.39 is 5.97 Å². The molecule has 0 radical (unpaired) electrons. The first kappa shape index (κ1) is 15.9. The van der Waals surface area contributed by atoms with Gasteiger partial charge in [-0.25, -0.2) is 0 Å². The van der Waals surface area contributed by atoms with Gasteiger partial charge in [0.05, 0.1) is 0 Å². The van der Waals surface area contributed by atoms with Gasteiger partial charge in [-0.1, -0.05) is 0 Å². The Labute approximate surface area is 70.0 Å². The largest absolute Gasteiger partial charge is 1.00 e. The molecule has 3 nitrogen and oxygen atoms in total. The molecule has 0 bridgehead atoms. The molecule has 1 N–H and O–H groups in total. The van der Waals surface area contributed by atoms with Gasteiger partial charge in [0, 0.05) is 0 Å². The van der Waals surface area contributed by atoms with Gasteiger partial charge in [0.2, 0.25) is 0 Å². The van der Waals surface area contributed by atoms with Crippen molar-refractivity contribution in [2.45, 2.75) is 13.3 Å². The molecular formula is C5H9AgO3. The van der Waals surface area contributed by atoms with Crippen LogP contribution in [-0.2, 0) is 32.0 Å². The van der Waals surface area contributed by atoms with Crippen molar-refractivity contribution in [1.82, 2.24) is 0 Å². The zero-order chi connectivity index (χ0) is 5.86. The number of carbonyl (C=O) groups is 2. The third-order valence-electron chi connectivity index (χ3n) is 0.400. The molecule has 4 heteroatoms. The Morgan fingerprint density at radius 2 is 1.78 bits per heavy atom. The zero-order valence-electron chi connectivity index (χ0n) is 5.27. The van der Waals surface area contributed by atoms with Crippen LogP contribution in [0.25, 0.3) is 0 Å². The van der Waals surface area contributed by atoms with Crippen LogP contribution in [0.3, 0.4) is 0 Å². The Hall–Kier alpha value is -0.120. The average Bonchev–Trinajstić information content (AvgIpc) is 1.27. The van der Waals surface area contributed by atoms with E-state index in [-0.39, 0.29) is 42.0 Å². The maximum absolute atomic E-state index is 9.87. The van der Waals surface area contributed by atoms with E-state index in [0.717, 1.165) is 0 Å². The van der Waals surface area contributed by atoms with Crippen LogP contribution in [0.1, 0.15) is 13.3 Å². The second kappa shape index (κ2) is 7.88. The summed E-state index contributed by atoms with van der Waals surface area (Å²) in [5, 5.41) is 7.86. The van der Waals surface area contributed by atoms with Crippen LogP contribution in [0.5, 0.6) is 0 Å². The smallest absolute Gasteiger partial charge is 0.481 e. The van der Waals surface area contributed by atoms with Crippen molar-refractivity contribution >= 4 is 11.8 Å². The van der Waals surface area contributed by atoms with Gasteiger partial charge in [-0.15, -0.1) is 0 Å². The molecule has 9 heavy (non-hydrogen) atoms. The monoisotopic (exact) mass is 224 g/mol. The van der Waals surface area contributed by atoms with Crippen LogP contribution in [0, 0.1) is 7.43 Å². The van der Waals surface area contributed by atoms with Gasteiger partial charge in [-0.3, -0.25) is 9.59 Å². The summed E-state index contributed by atoms with van der Waals surface area (Å²) in [5.74, 6) is -1.37. The number of carbonyl (C=O) groups excluding carboxylic acids is 1. The first-order valence-electron chi connectivity index (χ1n) is 1.84. The van der Waals surface area contributed by atoms with E-state index in [1.165, 1.54) is 6.92 Å². The number of carboxylic acid groups (broad SMARTS) is 1. The Morgan fingerprint density at radius 3 is 1.78 bits per heavy atom. The predicted octanol–water partition coefficient (Wildman–Crippen LogP) is 0.498. The Morgan fingerprint density at radius 1 is 1.44 bits per heavy atom. The predicted molar refractivity (Wildman–Crippen MR) is 29.3 cm³/mol. The molecule has 0 amide bonds. The summed E-state index contributed by atoms with van der Waals surface area (Å²) in [6.07, 6.45) is -0.361. The maximum atomic E-state index is 9.87. The van der Waals surface area contributed by atoms with Crippen molar-refractivity contribution < 1.29 is 37.1 Å². The number of rotatable bonds is 2. The van der Waals surface area contributed by atoms with Gasteiger partial charge in [-0.2, -0.15) is 0 Å². The van der Waals surface area contributed by atoms with Crippen molar-refractivity contribution in [1.29, 1.82) is 0 Å². The van der Waals surface area contributed by atoms with Crippen LogP contribution in [-0.4, -0.2) is 16.9 Å². The number of carboxylic acids is 1. The Balaban J connectivity index is -0.000000180. The third kappa shape index (κ3) is 18.1. The minimum absolute atomic E-state index is 0. The Kier molecular flexibility index (Phi) is 14.0. The van der Waals surface area contributed by atoms with Crippen LogP contribution < -0.4 is 0 Å². The summed E-state index contributed by atoms with van der Waals surface area (Å²) in [6, 6.07) is 0. The van der Waals surface area contributed by atoms with Gasteiger partial charge >= 0.3 is 28.3 Å². The molecule has 0 aliphatic carbocycles. The van der Waals surface area contributed by atoms with Crippen molar-refractivity contribution in [2.24, 2.45) is 0 Å². The summed E-state index contributed by atoms with van der Waals surface area (Å²) < 4.78 is 0. The number of aliphatic carboxylic acids is 1. The molecule has 0 unspecified atom stereocenters. The molecule has 0 aromatic rings. The average molecular weight is 225 g/mol. The fourth-order valence-corrected chi connectivity index (χ4v) is 0.213. The van der Waals surface area contributed by atoms with E-state index in [1.54, 1.807) is 0 Å². The van der Waals surface area contributed by atoms with Crippen LogP contribution in [0.2, 0.25) is 0 Å². The Bertz CT molecular complexity index is 88.4. The SMILES string of the molecule is CC(=O)CC(=O)O.[Ag+].[CH3-]. The molecular weight excluding hydrogens is 216 g/mol. The van der Waals surface area contributed by atoms with Crippen molar-refractivity contribution in [2.75, 3.05) is 0 Å². The summed E-state index contributed by atoms with van der Waals surface area (Å²) in [6.45, 7) is 1.24. The molecule has 0 atom stereocenters. The van der Waals surface area contributed by atoms with Gasteiger partial charge < -0.3 is 12.5 Å². The first-order chi connectivity index (χ1) is 3.13. The molecule has 0 aliphatic heterocycles. The minimum atomic E-state index is -1.06. The molecule has 0 aromatic heterocycles. The fourth-order valence-electron chi connectivity index (χ4n) is 0.213. The van der Waals surface area contributed by atoms with E-state index in [9.17, 15) is 9.59 Å². The number of Topliss-reactive ketones (excluding diaryl/α,β-unsaturated/α-hetero) is 1. The van der Waals surface area contributed by atoms with Crippen LogP contribution in [0.4, 0.5) is 0 Å². The second-order valence-electron chi connectivity index (χ2n) is 1.27. The number of hydrogen-bond acceptors (Lipinski definition) is 2. The quantitative estimate of drug-likeness (QED) is 0.423. The molecule has 0 spiro atoms. The normalized spacial score (nSPS) is 6.33. The van der Waals surface area contributed by atoms with E-state index in [4.69, 9.17) is 5.11 Å². The minimum Gasteiger partial charge on any atom is -0.481 e. The van der Waals surface area contributed by atoms with E-state index in [0.29, 0.717) is 0 Å². The summed E-state index contributed by atoms with van der Waals surface area (Å²) in [7, 11) is 0.